The Kier molecular flexibility index (Phi) is 4.62. The van der Waals surface area contributed by atoms with Crippen molar-refractivity contribution >= 4 is 29.4 Å². The van der Waals surface area contributed by atoms with Gasteiger partial charge in [0.1, 0.15) is 18.2 Å². The largest absolute Gasteiger partial charge is 0.488 e. The van der Waals surface area contributed by atoms with E-state index in [4.69, 9.17) is 16.3 Å². The van der Waals surface area contributed by atoms with Gasteiger partial charge in [-0.2, -0.15) is 0 Å². The highest BCUT2D eigenvalue weighted by atomic mass is 35.5. The molecule has 0 fully saturated rings. The molecule has 3 rings (SSSR count). The van der Waals surface area contributed by atoms with Crippen molar-refractivity contribution in [3.63, 3.8) is 0 Å². The third-order valence-corrected chi connectivity index (χ3v) is 3.69. The van der Waals surface area contributed by atoms with Gasteiger partial charge in [0.2, 0.25) is 0 Å². The van der Waals surface area contributed by atoms with Gasteiger partial charge >= 0.3 is 5.97 Å². The second-order valence-electron chi connectivity index (χ2n) is 5.21. The lowest BCUT2D eigenvalue weighted by atomic mass is 10.1. The molecule has 0 unspecified atom stereocenters. The fraction of sp³-hybridized carbons (Fsp3) is 0.111. The van der Waals surface area contributed by atoms with Gasteiger partial charge in [-0.25, -0.2) is 9.18 Å². The van der Waals surface area contributed by atoms with Gasteiger partial charge in [0.15, 0.2) is 0 Å². The van der Waals surface area contributed by atoms with Crippen molar-refractivity contribution in [1.82, 2.24) is 0 Å². The zero-order valence-electron chi connectivity index (χ0n) is 12.8. The molecule has 1 heterocycles. The van der Waals surface area contributed by atoms with Gasteiger partial charge in [-0.1, -0.05) is 28.9 Å². The van der Waals surface area contributed by atoms with Gasteiger partial charge in [0, 0.05) is 10.6 Å². The van der Waals surface area contributed by atoms with E-state index in [0.29, 0.717) is 27.6 Å². The van der Waals surface area contributed by atoms with Gasteiger partial charge in [-0.3, -0.25) is 0 Å². The number of benzene rings is 2. The lowest BCUT2D eigenvalue weighted by molar-refractivity contribution is -0.136. The minimum absolute atomic E-state index is 0.260. The second kappa shape index (κ2) is 6.84. The molecule has 0 atom stereocenters. The topological polar surface area (TPSA) is 47.9 Å². The number of nitrogens with zero attached hydrogens (tertiary/aromatic N) is 1. The van der Waals surface area contributed by atoms with E-state index in [1.807, 2.05) is 0 Å². The molecular weight excluding hydrogens is 333 g/mol. The number of ether oxygens (including phenoxy) is 1. The Balaban J connectivity index is 1.86. The molecule has 4 nitrogen and oxygen atoms in total. The maximum absolute atomic E-state index is 12.9. The van der Waals surface area contributed by atoms with Crippen LogP contribution in [0.5, 0.6) is 5.75 Å². The molecule has 2 aromatic carbocycles. The fourth-order valence-corrected chi connectivity index (χ4v) is 2.36. The Labute approximate surface area is 143 Å². The zero-order valence-corrected chi connectivity index (χ0v) is 13.5. The molecule has 1 aliphatic rings. The number of carbonyl (C=O) groups excluding carboxylic acids is 1. The maximum Gasteiger partial charge on any atom is 0.367 e. The Morgan fingerprint density at radius 2 is 2.00 bits per heavy atom. The van der Waals surface area contributed by atoms with Crippen molar-refractivity contribution < 1.29 is 18.8 Å². The summed E-state index contributed by atoms with van der Waals surface area (Å²) in [5, 5.41) is 4.15. The lowest BCUT2D eigenvalue weighted by Gasteiger charge is -2.10. The van der Waals surface area contributed by atoms with E-state index in [1.54, 1.807) is 43.3 Å². The standard InChI is InChI=1S/C18H13ClFNO3/c1-11-16(18(22)24-21-11)9-13-8-14(19)4-7-17(13)23-10-12-2-5-15(20)6-3-12/h2-9H,10H2,1H3/b16-9+. The van der Waals surface area contributed by atoms with Gasteiger partial charge in [0.05, 0.1) is 11.3 Å². The molecular formula is C18H13ClFNO3. The van der Waals surface area contributed by atoms with E-state index in [-0.39, 0.29) is 12.4 Å². The number of rotatable bonds is 4. The summed E-state index contributed by atoms with van der Waals surface area (Å²) >= 11 is 6.04. The summed E-state index contributed by atoms with van der Waals surface area (Å²) in [7, 11) is 0. The average molecular weight is 346 g/mol. The van der Waals surface area contributed by atoms with Crippen LogP contribution in [0.15, 0.2) is 53.2 Å². The first-order chi connectivity index (χ1) is 11.5. The molecule has 0 saturated heterocycles. The summed E-state index contributed by atoms with van der Waals surface area (Å²) in [6.45, 7) is 1.94. The Hall–Kier alpha value is -2.66. The minimum Gasteiger partial charge on any atom is -0.488 e. The van der Waals surface area contributed by atoms with E-state index in [1.165, 1.54) is 12.1 Å². The predicted molar refractivity (Wildman–Crippen MR) is 89.4 cm³/mol. The summed E-state index contributed by atoms with van der Waals surface area (Å²) in [6, 6.07) is 11.1. The molecule has 0 amide bonds. The van der Waals surface area contributed by atoms with Crippen LogP contribution < -0.4 is 4.74 Å². The smallest absolute Gasteiger partial charge is 0.367 e. The molecule has 0 radical (unpaired) electrons. The highest BCUT2D eigenvalue weighted by Gasteiger charge is 2.22. The molecule has 2 aromatic rings. The van der Waals surface area contributed by atoms with Crippen LogP contribution in [0.3, 0.4) is 0 Å². The summed E-state index contributed by atoms with van der Waals surface area (Å²) in [6.07, 6.45) is 1.63. The first-order valence-electron chi connectivity index (χ1n) is 7.18. The van der Waals surface area contributed by atoms with Crippen molar-refractivity contribution in [1.29, 1.82) is 0 Å². The van der Waals surface area contributed by atoms with E-state index >= 15 is 0 Å². The van der Waals surface area contributed by atoms with Crippen molar-refractivity contribution in [3.8, 4) is 5.75 Å². The van der Waals surface area contributed by atoms with E-state index < -0.39 is 5.97 Å². The third-order valence-electron chi connectivity index (χ3n) is 3.45. The number of oxime groups is 1. The summed E-state index contributed by atoms with van der Waals surface area (Å²) in [4.78, 5) is 16.3. The van der Waals surface area contributed by atoms with E-state index in [9.17, 15) is 9.18 Å². The average Bonchev–Trinajstić information content (AvgIpc) is 2.88. The summed E-state index contributed by atoms with van der Waals surface area (Å²) in [5.74, 6) is -0.272. The molecule has 0 bridgehead atoms. The van der Waals surface area contributed by atoms with Crippen molar-refractivity contribution in [2.45, 2.75) is 13.5 Å². The van der Waals surface area contributed by atoms with Crippen molar-refractivity contribution in [2.75, 3.05) is 0 Å². The Morgan fingerprint density at radius 1 is 1.25 bits per heavy atom. The number of carbonyl (C=O) groups is 1. The zero-order chi connectivity index (χ0) is 17.1. The predicted octanol–water partition coefficient (Wildman–Crippen LogP) is 4.37. The van der Waals surface area contributed by atoms with E-state index in [0.717, 1.165) is 5.56 Å². The Morgan fingerprint density at radius 3 is 2.67 bits per heavy atom. The van der Waals surface area contributed by atoms with Crippen LogP contribution in [0.25, 0.3) is 6.08 Å². The van der Waals surface area contributed by atoms with Gasteiger partial charge in [-0.15, -0.1) is 0 Å². The molecule has 24 heavy (non-hydrogen) atoms. The van der Waals surface area contributed by atoms with Crippen LogP contribution >= 0.6 is 11.6 Å². The monoisotopic (exact) mass is 345 g/mol. The lowest BCUT2D eigenvalue weighted by Crippen LogP contribution is -2.03. The number of hydrogen-bond acceptors (Lipinski definition) is 4. The van der Waals surface area contributed by atoms with Crippen LogP contribution in [-0.2, 0) is 16.2 Å². The first-order valence-corrected chi connectivity index (χ1v) is 7.55. The van der Waals surface area contributed by atoms with Crippen LogP contribution in [-0.4, -0.2) is 11.7 Å². The third kappa shape index (κ3) is 3.63. The van der Waals surface area contributed by atoms with E-state index in [2.05, 4.69) is 9.99 Å². The van der Waals surface area contributed by atoms with Gasteiger partial charge in [0.25, 0.3) is 0 Å². The van der Waals surface area contributed by atoms with Gasteiger partial charge in [-0.05, 0) is 48.9 Å². The molecule has 122 valence electrons. The molecule has 0 N–H and O–H groups in total. The normalized spacial score (nSPS) is 15.4. The minimum atomic E-state index is -0.517. The molecule has 6 heteroatoms. The second-order valence-corrected chi connectivity index (χ2v) is 5.65. The Bertz CT molecular complexity index is 844. The van der Waals surface area contributed by atoms with Crippen LogP contribution in [0.2, 0.25) is 5.02 Å². The van der Waals surface area contributed by atoms with Crippen molar-refractivity contribution in [2.24, 2.45) is 5.16 Å². The van der Waals surface area contributed by atoms with Gasteiger partial charge < -0.3 is 9.57 Å². The molecule has 0 saturated carbocycles. The highest BCUT2D eigenvalue weighted by molar-refractivity contribution is 6.31. The van der Waals surface area contributed by atoms with Crippen LogP contribution in [0, 0.1) is 5.82 Å². The number of hydrogen-bond donors (Lipinski definition) is 0. The molecule has 0 aromatic heterocycles. The highest BCUT2D eigenvalue weighted by Crippen LogP contribution is 2.27. The fourth-order valence-electron chi connectivity index (χ4n) is 2.18. The maximum atomic E-state index is 12.9. The summed E-state index contributed by atoms with van der Waals surface area (Å²) < 4.78 is 18.7. The molecule has 0 spiro atoms. The van der Waals surface area contributed by atoms with Crippen LogP contribution in [0.4, 0.5) is 4.39 Å². The molecule has 1 aliphatic heterocycles. The van der Waals surface area contributed by atoms with Crippen LogP contribution in [0.1, 0.15) is 18.1 Å². The SMILES string of the molecule is CC1=NOC(=O)/C1=C/c1cc(Cl)ccc1OCc1ccc(F)cc1. The quantitative estimate of drug-likeness (QED) is 0.610. The number of halogens is 2. The first kappa shape index (κ1) is 16.2. The van der Waals surface area contributed by atoms with Crippen molar-refractivity contribution in [3.05, 3.63) is 70.0 Å². The summed E-state index contributed by atoms with van der Waals surface area (Å²) in [5.41, 5.74) is 2.30. The molecule has 0 aliphatic carbocycles.